The molecule has 0 spiro atoms. The highest BCUT2D eigenvalue weighted by Crippen LogP contribution is 2.35. The van der Waals surface area contributed by atoms with E-state index in [9.17, 15) is 4.39 Å². The summed E-state index contributed by atoms with van der Waals surface area (Å²) < 4.78 is 18.7. The zero-order valence-electron chi connectivity index (χ0n) is 9.89. The van der Waals surface area contributed by atoms with Crippen molar-refractivity contribution in [1.82, 2.24) is 4.98 Å². The number of aromatic nitrogens is 1. The molecule has 94 valence electrons. The van der Waals surface area contributed by atoms with Crippen molar-refractivity contribution in [2.75, 3.05) is 12.3 Å². The van der Waals surface area contributed by atoms with Crippen LogP contribution in [-0.2, 0) is 0 Å². The first-order valence-corrected chi connectivity index (χ1v) is 6.32. The molecule has 18 heavy (non-hydrogen) atoms. The second-order valence-electron chi connectivity index (χ2n) is 3.54. The number of pyridine rings is 1. The molecule has 2 N–H and O–H groups in total. The van der Waals surface area contributed by atoms with Gasteiger partial charge in [-0.05, 0) is 25.1 Å². The number of nitrogens with zero attached hydrogens (tertiary/aromatic N) is 1. The number of halogens is 1. The Morgan fingerprint density at radius 2 is 2.06 bits per heavy atom. The molecular weight excluding hydrogens is 251 g/mol. The topological polar surface area (TPSA) is 48.1 Å². The second-order valence-corrected chi connectivity index (χ2v) is 4.65. The molecule has 0 atom stereocenters. The predicted octanol–water partition coefficient (Wildman–Crippen LogP) is 3.35. The summed E-state index contributed by atoms with van der Waals surface area (Å²) >= 11 is 1.45. The van der Waals surface area contributed by atoms with E-state index in [4.69, 9.17) is 10.5 Å². The van der Waals surface area contributed by atoms with Crippen molar-refractivity contribution in [2.24, 2.45) is 0 Å². The molecule has 0 amide bonds. The van der Waals surface area contributed by atoms with Crippen LogP contribution in [0.3, 0.4) is 0 Å². The van der Waals surface area contributed by atoms with Gasteiger partial charge in [-0.1, -0.05) is 11.8 Å². The maximum atomic E-state index is 13.5. The molecule has 2 aromatic rings. The smallest absolute Gasteiger partial charge is 0.167 e. The highest BCUT2D eigenvalue weighted by molar-refractivity contribution is 7.99. The van der Waals surface area contributed by atoms with Crippen LogP contribution in [0.15, 0.2) is 46.5 Å². The normalized spacial score (nSPS) is 10.3. The fourth-order valence-electron chi connectivity index (χ4n) is 1.44. The Kier molecular flexibility index (Phi) is 4.04. The van der Waals surface area contributed by atoms with Crippen LogP contribution in [0.5, 0.6) is 5.75 Å². The molecule has 1 aromatic heterocycles. The molecule has 0 bridgehead atoms. The minimum absolute atomic E-state index is 0.225. The van der Waals surface area contributed by atoms with Gasteiger partial charge < -0.3 is 10.5 Å². The fourth-order valence-corrected chi connectivity index (χ4v) is 2.29. The summed E-state index contributed by atoms with van der Waals surface area (Å²) in [6.45, 7) is 2.23. The summed E-state index contributed by atoms with van der Waals surface area (Å²) in [6, 6.07) is 6.65. The largest absolute Gasteiger partial charge is 0.491 e. The number of nitrogens with two attached hydrogens (primary N) is 1. The first kappa shape index (κ1) is 12.7. The number of nitrogen functional groups attached to an aromatic ring is 1. The standard InChI is InChI=1S/C13H13FN2OS/c1-2-17-12-8-13(11(15)7-10(12)14)18-9-3-5-16-6-4-9/h3-8H,2,15H2,1H3. The van der Waals surface area contributed by atoms with E-state index in [1.807, 2.05) is 19.1 Å². The summed E-state index contributed by atoms with van der Waals surface area (Å²) in [5, 5.41) is 0. The lowest BCUT2D eigenvalue weighted by atomic mass is 10.3. The molecule has 0 aliphatic heterocycles. The SMILES string of the molecule is CCOc1cc(Sc2ccncc2)c(N)cc1F. The van der Waals surface area contributed by atoms with Crippen LogP contribution in [0.1, 0.15) is 6.92 Å². The molecule has 1 heterocycles. The quantitative estimate of drug-likeness (QED) is 0.860. The van der Waals surface area contributed by atoms with Gasteiger partial charge in [-0.25, -0.2) is 4.39 Å². The van der Waals surface area contributed by atoms with Crippen molar-refractivity contribution in [3.05, 3.63) is 42.5 Å². The fraction of sp³-hybridized carbons (Fsp3) is 0.154. The van der Waals surface area contributed by atoms with Crippen molar-refractivity contribution in [3.63, 3.8) is 0 Å². The summed E-state index contributed by atoms with van der Waals surface area (Å²) in [5.74, 6) is -0.211. The van der Waals surface area contributed by atoms with Crippen LogP contribution < -0.4 is 10.5 Å². The number of anilines is 1. The average Bonchev–Trinajstić information content (AvgIpc) is 2.37. The van der Waals surface area contributed by atoms with Gasteiger partial charge in [0.05, 0.1) is 6.61 Å². The van der Waals surface area contributed by atoms with Crippen LogP contribution in [0.2, 0.25) is 0 Å². The second kappa shape index (κ2) is 5.73. The van der Waals surface area contributed by atoms with Crippen molar-refractivity contribution in [1.29, 1.82) is 0 Å². The molecule has 0 aliphatic carbocycles. The Morgan fingerprint density at radius 3 is 2.72 bits per heavy atom. The van der Waals surface area contributed by atoms with E-state index in [2.05, 4.69) is 4.98 Å². The van der Waals surface area contributed by atoms with Gasteiger partial charge in [0.25, 0.3) is 0 Å². The number of benzene rings is 1. The van der Waals surface area contributed by atoms with Crippen LogP contribution in [0, 0.1) is 5.82 Å². The van der Waals surface area contributed by atoms with E-state index in [1.54, 1.807) is 18.5 Å². The molecule has 0 unspecified atom stereocenters. The molecular formula is C13H13FN2OS. The lowest BCUT2D eigenvalue weighted by molar-refractivity contribution is 0.321. The number of rotatable bonds is 4. The third-order valence-corrected chi connectivity index (χ3v) is 3.32. The molecule has 0 aliphatic rings. The average molecular weight is 264 g/mol. The van der Waals surface area contributed by atoms with Gasteiger partial charge in [-0.15, -0.1) is 0 Å². The predicted molar refractivity (Wildman–Crippen MR) is 70.3 cm³/mol. The zero-order valence-corrected chi connectivity index (χ0v) is 10.7. The van der Waals surface area contributed by atoms with E-state index in [0.29, 0.717) is 12.3 Å². The summed E-state index contributed by atoms with van der Waals surface area (Å²) in [5.41, 5.74) is 6.20. The van der Waals surface area contributed by atoms with E-state index in [1.165, 1.54) is 17.8 Å². The van der Waals surface area contributed by atoms with E-state index in [0.717, 1.165) is 9.79 Å². The highest BCUT2D eigenvalue weighted by atomic mass is 32.2. The van der Waals surface area contributed by atoms with Gasteiger partial charge in [0, 0.05) is 33.9 Å². The van der Waals surface area contributed by atoms with Crippen LogP contribution in [-0.4, -0.2) is 11.6 Å². The molecule has 0 saturated carbocycles. The molecule has 5 heteroatoms. The third-order valence-electron chi connectivity index (χ3n) is 2.24. The van der Waals surface area contributed by atoms with Gasteiger partial charge in [0.15, 0.2) is 11.6 Å². The van der Waals surface area contributed by atoms with E-state index in [-0.39, 0.29) is 5.75 Å². The van der Waals surface area contributed by atoms with Crippen molar-refractivity contribution >= 4 is 17.4 Å². The third kappa shape index (κ3) is 2.92. The van der Waals surface area contributed by atoms with Crippen LogP contribution in [0.4, 0.5) is 10.1 Å². The Balaban J connectivity index is 2.30. The lowest BCUT2D eigenvalue weighted by Gasteiger charge is -2.10. The van der Waals surface area contributed by atoms with Crippen molar-refractivity contribution in [2.45, 2.75) is 16.7 Å². The van der Waals surface area contributed by atoms with Gasteiger partial charge in [0.2, 0.25) is 0 Å². The maximum absolute atomic E-state index is 13.5. The van der Waals surface area contributed by atoms with E-state index < -0.39 is 5.82 Å². The minimum atomic E-state index is -0.437. The minimum Gasteiger partial charge on any atom is -0.491 e. The molecule has 2 rings (SSSR count). The summed E-state index contributed by atoms with van der Waals surface area (Å²) in [4.78, 5) is 5.70. The van der Waals surface area contributed by atoms with Crippen LogP contribution >= 0.6 is 11.8 Å². The van der Waals surface area contributed by atoms with Crippen molar-refractivity contribution in [3.8, 4) is 5.75 Å². The maximum Gasteiger partial charge on any atom is 0.167 e. The molecule has 3 nitrogen and oxygen atoms in total. The van der Waals surface area contributed by atoms with Crippen LogP contribution in [0.25, 0.3) is 0 Å². The zero-order chi connectivity index (χ0) is 13.0. The van der Waals surface area contributed by atoms with E-state index >= 15 is 0 Å². The molecule has 0 radical (unpaired) electrons. The molecule has 1 aromatic carbocycles. The highest BCUT2D eigenvalue weighted by Gasteiger charge is 2.10. The van der Waals surface area contributed by atoms with Gasteiger partial charge in [0.1, 0.15) is 0 Å². The lowest BCUT2D eigenvalue weighted by Crippen LogP contribution is -1.97. The molecule has 0 fully saturated rings. The van der Waals surface area contributed by atoms with Gasteiger partial charge in [-0.3, -0.25) is 4.98 Å². The first-order chi connectivity index (χ1) is 8.70. The Morgan fingerprint density at radius 1 is 1.33 bits per heavy atom. The summed E-state index contributed by atoms with van der Waals surface area (Å²) in [6.07, 6.45) is 3.40. The number of hydrogen-bond acceptors (Lipinski definition) is 4. The number of hydrogen-bond donors (Lipinski definition) is 1. The summed E-state index contributed by atoms with van der Waals surface area (Å²) in [7, 11) is 0. The monoisotopic (exact) mass is 264 g/mol. The Bertz CT molecular complexity index is 534. The van der Waals surface area contributed by atoms with Crippen molar-refractivity contribution < 1.29 is 9.13 Å². The van der Waals surface area contributed by atoms with Gasteiger partial charge >= 0.3 is 0 Å². The Hall–Kier alpha value is -1.75. The number of ether oxygens (including phenoxy) is 1. The first-order valence-electron chi connectivity index (χ1n) is 5.50. The van der Waals surface area contributed by atoms with Gasteiger partial charge in [-0.2, -0.15) is 0 Å². The molecule has 0 saturated heterocycles. The Labute approximate surface area is 109 Å².